The fraction of sp³-hybridized carbons (Fsp3) is 0.625. The van der Waals surface area contributed by atoms with Crippen molar-refractivity contribution in [3.63, 3.8) is 0 Å². The van der Waals surface area contributed by atoms with Crippen LogP contribution in [0.5, 0.6) is 0 Å². The Kier molecular flexibility index (Phi) is 4.13. The number of aryl methyl sites for hydroxylation is 1. The zero-order valence-corrected chi connectivity index (χ0v) is 12.7. The number of nitrogens with one attached hydrogen (secondary N) is 1. The van der Waals surface area contributed by atoms with E-state index in [2.05, 4.69) is 29.6 Å². The lowest BCUT2D eigenvalue weighted by Crippen LogP contribution is -2.28. The molecule has 0 aromatic heterocycles. The molecule has 3 nitrogen and oxygen atoms in total. The number of sulfone groups is 1. The van der Waals surface area contributed by atoms with Gasteiger partial charge in [0.1, 0.15) is 0 Å². The maximum absolute atomic E-state index is 11.5. The molecule has 1 aromatic carbocycles. The first-order valence-electron chi connectivity index (χ1n) is 7.66. The van der Waals surface area contributed by atoms with E-state index in [4.69, 9.17) is 0 Å². The maximum Gasteiger partial charge on any atom is 0.150 e. The van der Waals surface area contributed by atoms with Crippen LogP contribution < -0.4 is 5.32 Å². The van der Waals surface area contributed by atoms with Crippen LogP contribution in [-0.4, -0.2) is 26.5 Å². The van der Waals surface area contributed by atoms with Gasteiger partial charge >= 0.3 is 0 Å². The van der Waals surface area contributed by atoms with E-state index < -0.39 is 9.84 Å². The Bertz CT molecular complexity index is 568. The van der Waals surface area contributed by atoms with E-state index in [1.54, 1.807) is 0 Å². The van der Waals surface area contributed by atoms with Crippen molar-refractivity contribution in [1.29, 1.82) is 0 Å². The van der Waals surface area contributed by atoms with Gasteiger partial charge in [-0.1, -0.05) is 30.7 Å². The van der Waals surface area contributed by atoms with Gasteiger partial charge in [0.2, 0.25) is 0 Å². The quantitative estimate of drug-likeness (QED) is 0.871. The van der Waals surface area contributed by atoms with Gasteiger partial charge in [-0.25, -0.2) is 8.42 Å². The van der Waals surface area contributed by atoms with Crippen LogP contribution in [0.25, 0.3) is 0 Å². The molecular weight excluding hydrogens is 270 g/mol. The molecule has 3 rings (SSSR count). The third-order valence-electron chi connectivity index (χ3n) is 4.60. The topological polar surface area (TPSA) is 46.2 Å². The summed E-state index contributed by atoms with van der Waals surface area (Å²) in [6.07, 6.45) is 5.66. The highest BCUT2D eigenvalue weighted by atomic mass is 32.2. The van der Waals surface area contributed by atoms with Gasteiger partial charge < -0.3 is 5.32 Å². The van der Waals surface area contributed by atoms with Crippen molar-refractivity contribution in [3.05, 3.63) is 35.4 Å². The predicted octanol–water partition coefficient (Wildman–Crippen LogP) is 2.48. The normalized spacial score (nSPS) is 28.8. The molecule has 20 heavy (non-hydrogen) atoms. The molecule has 110 valence electrons. The van der Waals surface area contributed by atoms with Gasteiger partial charge in [0.25, 0.3) is 0 Å². The molecular formula is C16H23NO2S. The van der Waals surface area contributed by atoms with Gasteiger partial charge in [-0.15, -0.1) is 0 Å². The predicted molar refractivity (Wildman–Crippen MR) is 81.5 cm³/mol. The monoisotopic (exact) mass is 293 g/mol. The van der Waals surface area contributed by atoms with E-state index in [9.17, 15) is 8.42 Å². The van der Waals surface area contributed by atoms with Crippen molar-refractivity contribution in [2.45, 2.75) is 38.1 Å². The van der Waals surface area contributed by atoms with Gasteiger partial charge in [-0.2, -0.15) is 0 Å². The van der Waals surface area contributed by atoms with Crippen molar-refractivity contribution in [2.75, 3.05) is 18.1 Å². The second kappa shape index (κ2) is 5.86. The molecule has 1 heterocycles. The number of rotatable bonds is 3. The van der Waals surface area contributed by atoms with Gasteiger partial charge in [0.05, 0.1) is 11.5 Å². The second-order valence-corrected chi connectivity index (χ2v) is 8.40. The summed E-state index contributed by atoms with van der Waals surface area (Å²) in [6.45, 7) is 0.832. The third-order valence-corrected chi connectivity index (χ3v) is 6.44. The number of hydrogen-bond donors (Lipinski definition) is 1. The Balaban J connectivity index is 1.66. The maximum atomic E-state index is 11.5. The molecule has 4 heteroatoms. The Morgan fingerprint density at radius 1 is 1.15 bits per heavy atom. The van der Waals surface area contributed by atoms with Crippen LogP contribution in [0.4, 0.5) is 0 Å². The number of fused-ring (bicyclic) bond motifs is 1. The molecule has 0 radical (unpaired) electrons. The van der Waals surface area contributed by atoms with Gasteiger partial charge in [-0.3, -0.25) is 0 Å². The van der Waals surface area contributed by atoms with Gasteiger partial charge in [0.15, 0.2) is 9.84 Å². The van der Waals surface area contributed by atoms with Crippen LogP contribution in [0.15, 0.2) is 24.3 Å². The van der Waals surface area contributed by atoms with Crippen LogP contribution >= 0.6 is 0 Å². The molecule has 2 unspecified atom stereocenters. The van der Waals surface area contributed by atoms with Crippen LogP contribution in [0.1, 0.15) is 42.9 Å². The Hall–Kier alpha value is -0.870. The summed E-state index contributed by atoms with van der Waals surface area (Å²) in [5, 5.41) is 3.63. The van der Waals surface area contributed by atoms with E-state index >= 15 is 0 Å². The van der Waals surface area contributed by atoms with Crippen LogP contribution in [0.2, 0.25) is 0 Å². The molecule has 2 aliphatic rings. The summed E-state index contributed by atoms with van der Waals surface area (Å²) in [7, 11) is -2.76. The molecule has 0 amide bonds. The van der Waals surface area contributed by atoms with E-state index in [1.165, 1.54) is 30.4 Å². The molecule has 1 saturated heterocycles. The zero-order chi connectivity index (χ0) is 14.0. The third kappa shape index (κ3) is 3.23. The Morgan fingerprint density at radius 2 is 2.00 bits per heavy atom. The molecule has 1 aliphatic carbocycles. The molecule has 2 atom stereocenters. The molecule has 1 fully saturated rings. The summed E-state index contributed by atoms with van der Waals surface area (Å²) < 4.78 is 23.0. The highest BCUT2D eigenvalue weighted by Gasteiger charge is 2.28. The average Bonchev–Trinajstić information content (AvgIpc) is 2.67. The van der Waals surface area contributed by atoms with Crippen LogP contribution in [-0.2, 0) is 16.3 Å². The molecule has 1 aliphatic heterocycles. The molecule has 0 saturated carbocycles. The second-order valence-electron chi connectivity index (χ2n) is 6.17. The van der Waals surface area contributed by atoms with Crippen molar-refractivity contribution < 1.29 is 8.42 Å². The van der Waals surface area contributed by atoms with Crippen molar-refractivity contribution >= 4 is 9.84 Å². The molecule has 0 bridgehead atoms. The van der Waals surface area contributed by atoms with Crippen molar-refractivity contribution in [2.24, 2.45) is 5.92 Å². The van der Waals surface area contributed by atoms with E-state index in [0.717, 1.165) is 19.4 Å². The zero-order valence-electron chi connectivity index (χ0n) is 11.8. The Labute approximate surface area is 121 Å². The minimum atomic E-state index is -2.76. The fourth-order valence-corrected chi connectivity index (χ4v) is 5.34. The molecule has 1 aromatic rings. The highest BCUT2D eigenvalue weighted by Crippen LogP contribution is 2.29. The first-order chi connectivity index (χ1) is 9.64. The summed E-state index contributed by atoms with van der Waals surface area (Å²) in [5.41, 5.74) is 2.88. The lowest BCUT2D eigenvalue weighted by molar-refractivity contribution is 0.435. The SMILES string of the molecule is O=S1(=O)CCC(CNC2CCCCc3ccccc32)C1. The van der Waals surface area contributed by atoms with E-state index in [0.29, 0.717) is 23.5 Å². The summed E-state index contributed by atoms with van der Waals surface area (Å²) >= 11 is 0. The number of hydrogen-bond acceptors (Lipinski definition) is 3. The summed E-state index contributed by atoms with van der Waals surface area (Å²) in [4.78, 5) is 0. The van der Waals surface area contributed by atoms with Crippen molar-refractivity contribution in [3.8, 4) is 0 Å². The minimum Gasteiger partial charge on any atom is -0.310 e. The van der Waals surface area contributed by atoms with Crippen LogP contribution in [0.3, 0.4) is 0 Å². The van der Waals surface area contributed by atoms with E-state index in [1.807, 2.05) is 0 Å². The number of benzene rings is 1. The summed E-state index contributed by atoms with van der Waals surface area (Å²) in [5.74, 6) is 1.05. The summed E-state index contributed by atoms with van der Waals surface area (Å²) in [6, 6.07) is 9.08. The highest BCUT2D eigenvalue weighted by molar-refractivity contribution is 7.91. The van der Waals surface area contributed by atoms with Crippen molar-refractivity contribution in [1.82, 2.24) is 5.32 Å². The standard InChI is InChI=1S/C16H23NO2S/c18-20(19)10-9-13(12-20)11-17-16-8-4-2-6-14-5-1-3-7-15(14)16/h1,3,5,7,13,16-17H,2,4,6,8-12H2. The van der Waals surface area contributed by atoms with Gasteiger partial charge in [0, 0.05) is 6.04 Å². The molecule has 1 N–H and O–H groups in total. The largest absolute Gasteiger partial charge is 0.310 e. The van der Waals surface area contributed by atoms with Crippen LogP contribution in [0, 0.1) is 5.92 Å². The van der Waals surface area contributed by atoms with Gasteiger partial charge in [-0.05, 0) is 49.3 Å². The first kappa shape index (κ1) is 14.1. The lowest BCUT2D eigenvalue weighted by atomic mass is 9.98. The average molecular weight is 293 g/mol. The first-order valence-corrected chi connectivity index (χ1v) is 9.48. The lowest BCUT2D eigenvalue weighted by Gasteiger charge is -2.21. The smallest absolute Gasteiger partial charge is 0.150 e. The Morgan fingerprint density at radius 3 is 2.80 bits per heavy atom. The minimum absolute atomic E-state index is 0.301. The van der Waals surface area contributed by atoms with E-state index in [-0.39, 0.29) is 0 Å². The fourth-order valence-electron chi connectivity index (χ4n) is 3.48. The molecule has 0 spiro atoms.